The molecule has 3 aromatic rings. The molecule has 1 fully saturated rings. The zero-order chi connectivity index (χ0) is 20.2. The highest BCUT2D eigenvalue weighted by molar-refractivity contribution is 7.92. The highest BCUT2D eigenvalue weighted by Gasteiger charge is 2.50. The fraction of sp³-hybridized carbons (Fsp3) is 0.333. The minimum Gasteiger partial charge on any atom is -0.481 e. The van der Waals surface area contributed by atoms with Gasteiger partial charge in [-0.25, -0.2) is 13.4 Å². The van der Waals surface area contributed by atoms with Crippen molar-refractivity contribution in [2.75, 3.05) is 20.2 Å². The van der Waals surface area contributed by atoms with E-state index in [0.717, 1.165) is 28.8 Å². The van der Waals surface area contributed by atoms with Crippen molar-refractivity contribution >= 4 is 9.84 Å². The summed E-state index contributed by atoms with van der Waals surface area (Å²) in [6.07, 6.45) is 5.50. The summed E-state index contributed by atoms with van der Waals surface area (Å²) in [6, 6.07) is 9.40. The van der Waals surface area contributed by atoms with Crippen molar-refractivity contribution in [3.63, 3.8) is 0 Å². The second kappa shape index (κ2) is 6.67. The molecule has 5 rings (SSSR count). The largest absolute Gasteiger partial charge is 0.481 e. The molecule has 7 nitrogen and oxygen atoms in total. The van der Waals surface area contributed by atoms with Gasteiger partial charge in [0.05, 0.1) is 23.5 Å². The molecule has 150 valence electrons. The Bertz CT molecular complexity index is 1190. The molecule has 4 heterocycles. The fourth-order valence-electron chi connectivity index (χ4n) is 4.61. The second-order valence-electron chi connectivity index (χ2n) is 7.72. The molecule has 0 aliphatic carbocycles. The molecule has 2 aliphatic heterocycles. The topological polar surface area (TPSA) is 77.3 Å². The van der Waals surface area contributed by atoms with E-state index in [4.69, 9.17) is 4.74 Å². The zero-order valence-electron chi connectivity index (χ0n) is 16.3. The molecule has 29 heavy (non-hydrogen) atoms. The van der Waals surface area contributed by atoms with E-state index < -0.39 is 9.84 Å². The Kier molecular flexibility index (Phi) is 4.22. The molecule has 0 saturated carbocycles. The maximum atomic E-state index is 13.2. The van der Waals surface area contributed by atoms with Gasteiger partial charge in [0.2, 0.25) is 5.88 Å². The Balaban J connectivity index is 1.50. The summed E-state index contributed by atoms with van der Waals surface area (Å²) >= 11 is 0. The number of hydrogen-bond donors (Lipinski definition) is 0. The summed E-state index contributed by atoms with van der Waals surface area (Å²) in [4.78, 5) is 6.95. The third-order valence-electron chi connectivity index (χ3n) is 5.90. The van der Waals surface area contributed by atoms with E-state index in [9.17, 15) is 8.42 Å². The van der Waals surface area contributed by atoms with Crippen LogP contribution in [0.3, 0.4) is 0 Å². The lowest BCUT2D eigenvalue weighted by atomic mass is 9.95. The van der Waals surface area contributed by atoms with E-state index in [0.29, 0.717) is 23.9 Å². The number of aromatic nitrogens is 3. The van der Waals surface area contributed by atoms with Crippen LogP contribution in [0.25, 0.3) is 11.1 Å². The number of fused-ring (bicyclic) bond motifs is 3. The van der Waals surface area contributed by atoms with Crippen molar-refractivity contribution in [3.8, 4) is 17.0 Å². The van der Waals surface area contributed by atoms with Crippen LogP contribution in [0.15, 0.2) is 53.8 Å². The number of benzene rings is 1. The predicted molar refractivity (Wildman–Crippen MR) is 108 cm³/mol. The van der Waals surface area contributed by atoms with Gasteiger partial charge in [0.25, 0.3) is 0 Å². The SMILES string of the molecule is COc1ncccc1-c1ccc2c(c1)[C@H]1CN(Cc3cnn(C)c3)C[C@@H]1S2(=O)=O. The normalized spacial score (nSPS) is 22.4. The van der Waals surface area contributed by atoms with Crippen LogP contribution < -0.4 is 4.74 Å². The Morgan fingerprint density at radius 2 is 2.10 bits per heavy atom. The van der Waals surface area contributed by atoms with Crippen LogP contribution in [0.4, 0.5) is 0 Å². The number of hydrogen-bond acceptors (Lipinski definition) is 6. The van der Waals surface area contributed by atoms with Gasteiger partial charge < -0.3 is 4.74 Å². The highest BCUT2D eigenvalue weighted by Crippen LogP contribution is 2.46. The van der Waals surface area contributed by atoms with Crippen LogP contribution in [-0.2, 0) is 23.4 Å². The molecule has 2 aromatic heterocycles. The van der Waals surface area contributed by atoms with Gasteiger partial charge in [-0.3, -0.25) is 9.58 Å². The molecule has 2 atom stereocenters. The average molecular weight is 410 g/mol. The monoisotopic (exact) mass is 410 g/mol. The molecule has 1 aromatic carbocycles. The van der Waals surface area contributed by atoms with E-state index in [1.807, 2.05) is 43.7 Å². The number of rotatable bonds is 4. The first-order valence-corrected chi connectivity index (χ1v) is 11.1. The van der Waals surface area contributed by atoms with Gasteiger partial charge in [-0.15, -0.1) is 0 Å². The average Bonchev–Trinajstić information content (AvgIpc) is 3.38. The number of pyridine rings is 1. The first kappa shape index (κ1) is 18.3. The van der Waals surface area contributed by atoms with Crippen LogP contribution in [0.1, 0.15) is 17.0 Å². The quantitative estimate of drug-likeness (QED) is 0.657. The number of aryl methyl sites for hydroxylation is 1. The van der Waals surface area contributed by atoms with Gasteiger partial charge >= 0.3 is 0 Å². The molecule has 0 unspecified atom stereocenters. The van der Waals surface area contributed by atoms with Gasteiger partial charge in [-0.2, -0.15) is 5.10 Å². The molecule has 0 amide bonds. The standard InChI is InChI=1S/C21H22N4O3S/c1-24-10-14(9-23-24)11-25-12-18-17-8-15(16-4-3-7-22-21(16)28-2)5-6-19(17)29(26,27)20(18)13-25/h3-10,18,20H,11-13H2,1-2H3/t18-,20+/m1/s1. The van der Waals surface area contributed by atoms with E-state index in [2.05, 4.69) is 15.0 Å². The molecular formula is C21H22N4O3S. The van der Waals surface area contributed by atoms with Crippen molar-refractivity contribution in [3.05, 3.63) is 60.0 Å². The van der Waals surface area contributed by atoms with Crippen LogP contribution in [0.5, 0.6) is 5.88 Å². The van der Waals surface area contributed by atoms with Gasteiger partial charge in [0.15, 0.2) is 9.84 Å². The van der Waals surface area contributed by atoms with Crippen LogP contribution >= 0.6 is 0 Å². The van der Waals surface area contributed by atoms with Gasteiger partial charge in [-0.1, -0.05) is 6.07 Å². The lowest BCUT2D eigenvalue weighted by Gasteiger charge is -2.16. The van der Waals surface area contributed by atoms with Crippen molar-refractivity contribution in [1.29, 1.82) is 0 Å². The molecule has 1 saturated heterocycles. The van der Waals surface area contributed by atoms with Gasteiger partial charge in [-0.05, 0) is 35.4 Å². The molecular weight excluding hydrogens is 388 g/mol. The summed E-state index contributed by atoms with van der Waals surface area (Å²) in [5, 5.41) is 3.82. The Labute approximate surface area is 169 Å². The van der Waals surface area contributed by atoms with Crippen molar-refractivity contribution in [1.82, 2.24) is 19.7 Å². The molecule has 8 heteroatoms. The molecule has 0 N–H and O–H groups in total. The highest BCUT2D eigenvalue weighted by atomic mass is 32.2. The maximum Gasteiger partial charge on any atom is 0.221 e. The number of ether oxygens (including phenoxy) is 1. The Morgan fingerprint density at radius 3 is 2.86 bits per heavy atom. The Hall–Kier alpha value is -2.71. The lowest BCUT2D eigenvalue weighted by molar-refractivity contribution is 0.325. The minimum atomic E-state index is -3.33. The third-order valence-corrected chi connectivity index (χ3v) is 8.16. The first-order valence-electron chi connectivity index (χ1n) is 9.54. The number of methoxy groups -OCH3 is 1. The predicted octanol–water partition coefficient (Wildman–Crippen LogP) is 2.25. The van der Waals surface area contributed by atoms with E-state index in [-0.39, 0.29) is 11.2 Å². The van der Waals surface area contributed by atoms with E-state index in [1.165, 1.54) is 0 Å². The molecule has 0 bridgehead atoms. The van der Waals surface area contributed by atoms with E-state index in [1.54, 1.807) is 24.1 Å². The van der Waals surface area contributed by atoms with Crippen molar-refractivity contribution < 1.29 is 13.2 Å². The van der Waals surface area contributed by atoms with Gasteiger partial charge in [0.1, 0.15) is 0 Å². The maximum absolute atomic E-state index is 13.2. The zero-order valence-corrected chi connectivity index (χ0v) is 17.1. The molecule has 0 radical (unpaired) electrons. The van der Waals surface area contributed by atoms with Crippen LogP contribution in [0.2, 0.25) is 0 Å². The van der Waals surface area contributed by atoms with Crippen molar-refractivity contribution in [2.24, 2.45) is 7.05 Å². The summed E-state index contributed by atoms with van der Waals surface area (Å²) in [6.45, 7) is 1.98. The smallest absolute Gasteiger partial charge is 0.221 e. The van der Waals surface area contributed by atoms with Gasteiger partial charge in [0, 0.05) is 56.1 Å². The Morgan fingerprint density at radius 1 is 1.24 bits per heavy atom. The number of nitrogens with zero attached hydrogens (tertiary/aromatic N) is 4. The summed E-state index contributed by atoms with van der Waals surface area (Å²) in [5.41, 5.74) is 3.80. The first-order chi connectivity index (χ1) is 14.0. The van der Waals surface area contributed by atoms with Crippen LogP contribution in [0, 0.1) is 0 Å². The summed E-state index contributed by atoms with van der Waals surface area (Å²) < 4.78 is 33.5. The van der Waals surface area contributed by atoms with E-state index >= 15 is 0 Å². The molecule has 0 spiro atoms. The van der Waals surface area contributed by atoms with Crippen molar-refractivity contribution in [2.45, 2.75) is 22.6 Å². The number of likely N-dealkylation sites (tertiary alicyclic amines) is 1. The second-order valence-corrected chi connectivity index (χ2v) is 9.85. The molecule has 2 aliphatic rings. The summed E-state index contributed by atoms with van der Waals surface area (Å²) in [5.74, 6) is 0.517. The minimum absolute atomic E-state index is 0.0192. The van der Waals surface area contributed by atoms with Crippen LogP contribution in [-0.4, -0.2) is 53.5 Å². The summed E-state index contributed by atoms with van der Waals surface area (Å²) in [7, 11) is 0.149. The third kappa shape index (κ3) is 2.94. The number of sulfone groups is 1. The fourth-order valence-corrected chi connectivity index (χ4v) is 6.80. The lowest BCUT2D eigenvalue weighted by Crippen LogP contribution is -2.25.